The minimum atomic E-state index is -3.54. The summed E-state index contributed by atoms with van der Waals surface area (Å²) >= 11 is 6.41. The van der Waals surface area contributed by atoms with Gasteiger partial charge in [0.05, 0.1) is 35.2 Å². The van der Waals surface area contributed by atoms with Crippen molar-refractivity contribution in [3.63, 3.8) is 0 Å². The summed E-state index contributed by atoms with van der Waals surface area (Å²) < 4.78 is 40.2. The number of aromatic nitrogens is 2. The lowest BCUT2D eigenvalue weighted by Gasteiger charge is -2.26. The molecule has 1 aromatic heterocycles. The van der Waals surface area contributed by atoms with E-state index in [0.29, 0.717) is 23.0 Å². The van der Waals surface area contributed by atoms with Crippen molar-refractivity contribution < 1.29 is 14.5 Å². The van der Waals surface area contributed by atoms with Gasteiger partial charge in [0.2, 0.25) is 5.95 Å². The van der Waals surface area contributed by atoms with Gasteiger partial charge in [-0.15, -0.1) is 0 Å². The Labute approximate surface area is 231 Å². The molecule has 0 amide bonds. The molecule has 4 rings (SSSR count). The fraction of sp³-hybridized carbons (Fsp3) is 0.429. The molecule has 38 heavy (non-hydrogen) atoms. The van der Waals surface area contributed by atoms with Gasteiger partial charge >= 0.3 is 0 Å². The molecule has 8 nitrogen and oxygen atoms in total. The third kappa shape index (κ3) is 6.39. The molecular formula is C28H36ClN5O3S. The van der Waals surface area contributed by atoms with Crippen LogP contribution in [0.5, 0.6) is 5.75 Å². The van der Waals surface area contributed by atoms with Crippen LogP contribution < -0.4 is 20.7 Å². The third-order valence-corrected chi connectivity index (χ3v) is 9.01. The Bertz CT molecular complexity index is 1440. The van der Waals surface area contributed by atoms with Crippen LogP contribution in [0.3, 0.4) is 0 Å². The predicted octanol–water partition coefficient (Wildman–Crippen LogP) is 6.36. The molecular weight excluding hydrogens is 522 g/mol. The van der Waals surface area contributed by atoms with Gasteiger partial charge in [-0.25, -0.2) is 13.4 Å². The van der Waals surface area contributed by atoms with Gasteiger partial charge in [0.15, 0.2) is 15.7 Å². The molecule has 1 saturated heterocycles. The molecule has 1 fully saturated rings. The van der Waals surface area contributed by atoms with Gasteiger partial charge in [-0.1, -0.05) is 23.7 Å². The number of piperidine rings is 1. The monoisotopic (exact) mass is 558 g/mol. The second-order valence-corrected chi connectivity index (χ2v) is 12.8. The summed E-state index contributed by atoms with van der Waals surface area (Å²) in [5, 5.41) is 9.35. The standard InChI is InChI=1S/C28H36ClN5O3S/c1-17(2)37-25-15-21(20-10-12-30-13-11-20)19(5)14-24(25)33-28-31-16-22(29)27(34-28)32-23-8-6-7-9-26(23)38(35,36)18(3)4/h6-9,14-18,20,30H,10-13H2,1-5H3,(H2,31,32,33,34)/i17D. The number of benzene rings is 2. The Morgan fingerprint density at radius 2 is 1.82 bits per heavy atom. The average Bonchev–Trinajstić information content (AvgIpc) is 2.87. The maximum absolute atomic E-state index is 12.9. The summed E-state index contributed by atoms with van der Waals surface area (Å²) in [7, 11) is -3.54. The highest BCUT2D eigenvalue weighted by Gasteiger charge is 2.24. The van der Waals surface area contributed by atoms with Crippen LogP contribution in [0.15, 0.2) is 47.5 Å². The molecule has 0 aliphatic carbocycles. The van der Waals surface area contributed by atoms with Crippen LogP contribution >= 0.6 is 11.6 Å². The van der Waals surface area contributed by atoms with E-state index in [1.54, 1.807) is 52.0 Å². The van der Waals surface area contributed by atoms with Crippen LogP contribution in [0, 0.1) is 6.92 Å². The Morgan fingerprint density at radius 1 is 1.11 bits per heavy atom. The number of aryl methyl sites for hydroxylation is 1. The lowest BCUT2D eigenvalue weighted by atomic mass is 9.87. The number of anilines is 4. The quantitative estimate of drug-likeness (QED) is 0.278. The maximum Gasteiger partial charge on any atom is 0.229 e. The lowest BCUT2D eigenvalue weighted by molar-refractivity contribution is 0.243. The summed E-state index contributed by atoms with van der Waals surface area (Å²) in [5.41, 5.74) is 3.32. The summed E-state index contributed by atoms with van der Waals surface area (Å²) in [6.45, 7) is 10.7. The molecule has 1 aliphatic heterocycles. The highest BCUT2D eigenvalue weighted by molar-refractivity contribution is 7.92. The molecule has 10 heteroatoms. The molecule has 3 aromatic rings. The van der Waals surface area contributed by atoms with Crippen LogP contribution in [0.1, 0.15) is 59.0 Å². The Hall–Kier alpha value is -2.88. The molecule has 0 atom stereocenters. The molecule has 0 saturated carbocycles. The van der Waals surface area contributed by atoms with Crippen molar-refractivity contribution in [2.24, 2.45) is 0 Å². The number of hydrogen-bond acceptors (Lipinski definition) is 8. The van der Waals surface area contributed by atoms with Crippen LogP contribution in [-0.2, 0) is 9.84 Å². The molecule has 0 spiro atoms. The molecule has 0 radical (unpaired) electrons. The van der Waals surface area contributed by atoms with Crippen molar-refractivity contribution in [1.82, 2.24) is 15.3 Å². The Morgan fingerprint density at radius 3 is 2.50 bits per heavy atom. The number of nitrogens with zero attached hydrogens (tertiary/aromatic N) is 2. The lowest BCUT2D eigenvalue weighted by Crippen LogP contribution is -2.27. The maximum atomic E-state index is 12.9. The van der Waals surface area contributed by atoms with Crippen molar-refractivity contribution >= 4 is 44.6 Å². The summed E-state index contributed by atoms with van der Waals surface area (Å²) in [5.74, 6) is 1.46. The van der Waals surface area contributed by atoms with Gasteiger partial charge in [0.25, 0.3) is 0 Å². The van der Waals surface area contributed by atoms with Gasteiger partial charge in [0, 0.05) is 0 Å². The molecule has 0 unspecified atom stereocenters. The summed E-state index contributed by atoms with van der Waals surface area (Å²) in [6, 6.07) is 10.7. The first-order chi connectivity index (χ1) is 18.3. The largest absolute Gasteiger partial charge is 0.489 e. The van der Waals surface area contributed by atoms with Gasteiger partial charge in [-0.2, -0.15) is 4.98 Å². The normalized spacial score (nSPS) is 15.3. The highest BCUT2D eigenvalue weighted by Crippen LogP contribution is 2.37. The topological polar surface area (TPSA) is 105 Å². The smallest absolute Gasteiger partial charge is 0.229 e. The second-order valence-electron chi connectivity index (χ2n) is 9.97. The number of para-hydroxylation sites is 1. The van der Waals surface area contributed by atoms with Gasteiger partial charge in [0.1, 0.15) is 10.8 Å². The SMILES string of the molecule is [2H]C(C)(C)Oc1cc(C2CCNCC2)c(C)cc1Nc1ncc(Cl)c(Nc2ccccc2S(=O)(=O)C(C)C)n1. The molecule has 2 aromatic carbocycles. The molecule has 2 heterocycles. The zero-order valence-corrected chi connectivity index (χ0v) is 24.0. The summed E-state index contributed by atoms with van der Waals surface area (Å²) in [6.07, 6.45) is 2.38. The number of nitrogens with one attached hydrogen (secondary N) is 3. The first kappa shape index (κ1) is 26.7. The number of hydrogen-bond donors (Lipinski definition) is 3. The van der Waals surface area contributed by atoms with Crippen molar-refractivity contribution in [1.29, 1.82) is 0 Å². The fourth-order valence-electron chi connectivity index (χ4n) is 4.51. The van der Waals surface area contributed by atoms with Gasteiger partial charge in [-0.05, 0) is 102 Å². The number of halogens is 1. The van der Waals surface area contributed by atoms with Crippen molar-refractivity contribution in [3.8, 4) is 5.75 Å². The molecule has 3 N–H and O–H groups in total. The van der Waals surface area contributed by atoms with E-state index < -0.39 is 21.2 Å². The van der Waals surface area contributed by atoms with E-state index in [1.165, 1.54) is 11.8 Å². The van der Waals surface area contributed by atoms with Crippen LogP contribution in [0.4, 0.5) is 23.1 Å². The first-order valence-electron chi connectivity index (χ1n) is 13.3. The van der Waals surface area contributed by atoms with Crippen LogP contribution in [-0.4, -0.2) is 42.8 Å². The highest BCUT2D eigenvalue weighted by atomic mass is 35.5. The van der Waals surface area contributed by atoms with Crippen molar-refractivity contribution in [3.05, 3.63) is 58.7 Å². The van der Waals surface area contributed by atoms with E-state index in [9.17, 15) is 8.42 Å². The minimum Gasteiger partial charge on any atom is -0.489 e. The minimum absolute atomic E-state index is 0.168. The Kier molecular flexibility index (Phi) is 8.35. The Balaban J connectivity index is 1.68. The van der Waals surface area contributed by atoms with E-state index in [1.807, 2.05) is 12.1 Å². The van der Waals surface area contributed by atoms with E-state index in [2.05, 4.69) is 32.8 Å². The fourth-order valence-corrected chi connectivity index (χ4v) is 5.85. The summed E-state index contributed by atoms with van der Waals surface area (Å²) in [4.78, 5) is 9.04. The van der Waals surface area contributed by atoms with Crippen molar-refractivity contribution in [2.75, 3.05) is 23.7 Å². The second kappa shape index (κ2) is 11.9. The zero-order chi connectivity index (χ0) is 28.4. The van der Waals surface area contributed by atoms with E-state index in [-0.39, 0.29) is 21.7 Å². The van der Waals surface area contributed by atoms with E-state index in [0.717, 1.165) is 31.5 Å². The molecule has 204 valence electrons. The van der Waals surface area contributed by atoms with E-state index in [4.69, 9.17) is 17.7 Å². The zero-order valence-electron chi connectivity index (χ0n) is 23.4. The number of ether oxygens (including phenoxy) is 1. The third-order valence-electron chi connectivity index (χ3n) is 6.52. The van der Waals surface area contributed by atoms with Gasteiger partial charge < -0.3 is 20.7 Å². The van der Waals surface area contributed by atoms with Crippen LogP contribution in [0.2, 0.25) is 5.02 Å². The molecule has 1 aliphatic rings. The van der Waals surface area contributed by atoms with E-state index >= 15 is 0 Å². The van der Waals surface area contributed by atoms with Crippen molar-refractivity contribution in [2.45, 2.75) is 69.6 Å². The number of rotatable bonds is 9. The predicted molar refractivity (Wildman–Crippen MR) is 154 cm³/mol. The van der Waals surface area contributed by atoms with Gasteiger partial charge in [-0.3, -0.25) is 0 Å². The van der Waals surface area contributed by atoms with Crippen LogP contribution in [0.25, 0.3) is 0 Å². The average molecular weight is 559 g/mol. The number of sulfone groups is 1. The molecule has 0 bridgehead atoms. The first-order valence-corrected chi connectivity index (χ1v) is 14.7.